The summed E-state index contributed by atoms with van der Waals surface area (Å²) in [4.78, 5) is 30.2. The molecule has 3 rings (SSSR count). The van der Waals surface area contributed by atoms with Gasteiger partial charge in [0.25, 0.3) is 0 Å². The fourth-order valence-corrected chi connectivity index (χ4v) is 5.94. The fourth-order valence-electron chi connectivity index (χ4n) is 4.18. The number of carbonyl (C=O) groups excluding carboxylic acids is 2. The maximum Gasteiger partial charge on any atom is 0.355 e. The van der Waals surface area contributed by atoms with E-state index < -0.39 is 16.0 Å². The number of rotatable bonds is 7. The lowest BCUT2D eigenvalue weighted by atomic mass is 10.1. The summed E-state index contributed by atoms with van der Waals surface area (Å²) in [6.45, 7) is 10.4. The molecule has 0 atom stereocenters. The van der Waals surface area contributed by atoms with Crippen molar-refractivity contribution in [3.8, 4) is 0 Å². The van der Waals surface area contributed by atoms with Crippen LogP contribution in [0.4, 0.5) is 0 Å². The molecule has 10 nitrogen and oxygen atoms in total. The van der Waals surface area contributed by atoms with Gasteiger partial charge in [-0.2, -0.15) is 4.31 Å². The lowest BCUT2D eigenvalue weighted by Gasteiger charge is -2.21. The quantitative estimate of drug-likeness (QED) is 0.485. The van der Waals surface area contributed by atoms with Gasteiger partial charge in [0.2, 0.25) is 10.0 Å². The number of ether oxygens (including phenoxy) is 1. The standard InChI is InChI=1S/C21H30N4O6S/c1-6-30-21(27)19-13(2)18(14(3)22-19)17(26)12-24-8-7-9-25(11-10-24)32(28,29)20-15(4)23-31-16(20)5/h22H,6-12H2,1-5H3. The zero-order valence-electron chi connectivity index (χ0n) is 19.1. The van der Waals surface area contributed by atoms with E-state index in [1.54, 1.807) is 34.6 Å². The first kappa shape index (κ1) is 24.1. The summed E-state index contributed by atoms with van der Waals surface area (Å²) >= 11 is 0. The zero-order valence-corrected chi connectivity index (χ0v) is 20.0. The second-order valence-corrected chi connectivity index (χ2v) is 9.83. The maximum atomic E-state index is 13.1. The second-order valence-electron chi connectivity index (χ2n) is 7.96. The van der Waals surface area contributed by atoms with Crippen LogP contribution in [0.15, 0.2) is 9.42 Å². The number of aromatic nitrogens is 2. The van der Waals surface area contributed by atoms with Crippen molar-refractivity contribution >= 4 is 21.8 Å². The first-order valence-corrected chi connectivity index (χ1v) is 12.1. The Kier molecular flexibility index (Phi) is 7.21. The van der Waals surface area contributed by atoms with Crippen molar-refractivity contribution < 1.29 is 27.3 Å². The molecule has 0 spiro atoms. The monoisotopic (exact) mass is 466 g/mol. The van der Waals surface area contributed by atoms with Crippen LogP contribution in [-0.4, -0.2) is 78.8 Å². The molecule has 1 aliphatic rings. The van der Waals surface area contributed by atoms with Gasteiger partial charge in [-0.3, -0.25) is 9.69 Å². The van der Waals surface area contributed by atoms with Crippen LogP contribution >= 0.6 is 0 Å². The maximum absolute atomic E-state index is 13.1. The first-order chi connectivity index (χ1) is 15.1. The van der Waals surface area contributed by atoms with Crippen molar-refractivity contribution in [2.45, 2.75) is 45.9 Å². The van der Waals surface area contributed by atoms with Gasteiger partial charge < -0.3 is 14.2 Å². The summed E-state index contributed by atoms with van der Waals surface area (Å²) in [6, 6.07) is 0. The van der Waals surface area contributed by atoms with Crippen molar-refractivity contribution in [1.82, 2.24) is 19.3 Å². The van der Waals surface area contributed by atoms with Crippen LogP contribution in [0.2, 0.25) is 0 Å². The highest BCUT2D eigenvalue weighted by Crippen LogP contribution is 2.25. The van der Waals surface area contributed by atoms with E-state index in [0.717, 1.165) is 0 Å². The Morgan fingerprint density at radius 1 is 1.12 bits per heavy atom. The molecule has 1 N–H and O–H groups in total. The molecule has 11 heteroatoms. The van der Waals surface area contributed by atoms with E-state index in [1.165, 1.54) is 4.31 Å². The Labute approximate surface area is 187 Å². The third-order valence-corrected chi connectivity index (χ3v) is 7.82. The van der Waals surface area contributed by atoms with Crippen LogP contribution in [0.3, 0.4) is 0 Å². The van der Waals surface area contributed by atoms with E-state index in [9.17, 15) is 18.0 Å². The van der Waals surface area contributed by atoms with Gasteiger partial charge in [-0.1, -0.05) is 5.16 Å². The van der Waals surface area contributed by atoms with Crippen molar-refractivity contribution in [3.05, 3.63) is 34.0 Å². The van der Waals surface area contributed by atoms with Gasteiger partial charge in [-0.05, 0) is 53.1 Å². The summed E-state index contributed by atoms with van der Waals surface area (Å²) in [5.74, 6) is -0.328. The topological polar surface area (TPSA) is 126 Å². The largest absolute Gasteiger partial charge is 0.461 e. The van der Waals surface area contributed by atoms with Crippen LogP contribution in [0.5, 0.6) is 0 Å². The number of Topliss-reactive ketones (excluding diaryl/α,β-unsaturated/α-hetero) is 1. The summed E-state index contributed by atoms with van der Waals surface area (Å²) in [5.41, 5.74) is 2.31. The highest BCUT2D eigenvalue weighted by molar-refractivity contribution is 7.89. The zero-order chi connectivity index (χ0) is 23.6. The number of nitrogens with zero attached hydrogens (tertiary/aromatic N) is 3. The highest BCUT2D eigenvalue weighted by Gasteiger charge is 2.33. The predicted octanol–water partition coefficient (Wildman–Crippen LogP) is 1.99. The molecule has 0 unspecified atom stereocenters. The molecule has 0 radical (unpaired) electrons. The van der Waals surface area contributed by atoms with Gasteiger partial charge in [-0.25, -0.2) is 13.2 Å². The van der Waals surface area contributed by atoms with Crippen molar-refractivity contribution in [3.63, 3.8) is 0 Å². The summed E-state index contributed by atoms with van der Waals surface area (Å²) in [6.07, 6.45) is 0.592. The van der Waals surface area contributed by atoms with Crippen LogP contribution in [-0.2, 0) is 14.8 Å². The molecule has 0 bridgehead atoms. The van der Waals surface area contributed by atoms with Gasteiger partial charge in [0.15, 0.2) is 11.5 Å². The number of H-pyrrole nitrogens is 1. The van der Waals surface area contributed by atoms with E-state index >= 15 is 0 Å². The van der Waals surface area contributed by atoms with Crippen LogP contribution in [0, 0.1) is 27.7 Å². The minimum atomic E-state index is -3.72. The molecule has 32 heavy (non-hydrogen) atoms. The molecule has 1 saturated heterocycles. The molecule has 1 fully saturated rings. The van der Waals surface area contributed by atoms with Gasteiger partial charge in [0.1, 0.15) is 16.3 Å². The SMILES string of the molecule is CCOC(=O)c1[nH]c(C)c(C(=O)CN2CCCN(S(=O)(=O)c3c(C)noc3C)CC2)c1C. The van der Waals surface area contributed by atoms with E-state index in [4.69, 9.17) is 9.26 Å². The molecule has 0 saturated carbocycles. The summed E-state index contributed by atoms with van der Waals surface area (Å²) in [5, 5.41) is 3.76. The van der Waals surface area contributed by atoms with Crippen molar-refractivity contribution in [1.29, 1.82) is 0 Å². The first-order valence-electron chi connectivity index (χ1n) is 10.6. The predicted molar refractivity (Wildman–Crippen MR) is 116 cm³/mol. The minimum absolute atomic E-state index is 0.117. The third kappa shape index (κ3) is 4.64. The van der Waals surface area contributed by atoms with Crippen LogP contribution in [0.1, 0.15) is 56.9 Å². The normalized spacial score (nSPS) is 16.2. The minimum Gasteiger partial charge on any atom is -0.461 e. The smallest absolute Gasteiger partial charge is 0.355 e. The molecule has 0 aromatic carbocycles. The fraction of sp³-hybridized carbons (Fsp3) is 0.571. The van der Waals surface area contributed by atoms with E-state index in [1.807, 2.05) is 4.90 Å². The second kappa shape index (κ2) is 9.55. The Morgan fingerprint density at radius 2 is 1.84 bits per heavy atom. The molecule has 1 aliphatic heterocycles. The number of ketones is 1. The number of aryl methyl sites for hydroxylation is 3. The average Bonchev–Trinajstić information content (AvgIpc) is 3.09. The molecule has 176 valence electrons. The lowest BCUT2D eigenvalue weighted by Crippen LogP contribution is -2.37. The summed E-state index contributed by atoms with van der Waals surface area (Å²) in [7, 11) is -3.72. The molecule has 3 heterocycles. The lowest BCUT2D eigenvalue weighted by molar-refractivity contribution is 0.0519. The Bertz CT molecular complexity index is 1100. The summed E-state index contributed by atoms with van der Waals surface area (Å²) < 4.78 is 37.7. The number of esters is 1. The van der Waals surface area contributed by atoms with E-state index in [2.05, 4.69) is 10.1 Å². The molecule has 0 amide bonds. The number of sulfonamides is 1. The van der Waals surface area contributed by atoms with E-state index in [0.29, 0.717) is 54.3 Å². The third-order valence-electron chi connectivity index (χ3n) is 5.68. The van der Waals surface area contributed by atoms with Gasteiger partial charge in [-0.15, -0.1) is 0 Å². The van der Waals surface area contributed by atoms with Crippen LogP contribution < -0.4 is 0 Å². The number of hydrogen-bond acceptors (Lipinski definition) is 8. The molecule has 0 aliphatic carbocycles. The molecule has 2 aromatic rings. The van der Waals surface area contributed by atoms with Gasteiger partial charge in [0, 0.05) is 30.9 Å². The Balaban J connectivity index is 1.71. The molecule has 2 aromatic heterocycles. The van der Waals surface area contributed by atoms with Crippen LogP contribution in [0.25, 0.3) is 0 Å². The number of aromatic amines is 1. The van der Waals surface area contributed by atoms with Gasteiger partial charge >= 0.3 is 5.97 Å². The van der Waals surface area contributed by atoms with E-state index in [-0.39, 0.29) is 36.1 Å². The molecular formula is C21H30N4O6S. The highest BCUT2D eigenvalue weighted by atomic mass is 32.2. The van der Waals surface area contributed by atoms with Gasteiger partial charge in [0.05, 0.1) is 13.2 Å². The van der Waals surface area contributed by atoms with Crippen molar-refractivity contribution in [2.24, 2.45) is 0 Å². The van der Waals surface area contributed by atoms with Crippen molar-refractivity contribution in [2.75, 3.05) is 39.3 Å². The molecular weight excluding hydrogens is 436 g/mol. The number of carbonyl (C=O) groups is 2. The number of hydrogen-bond donors (Lipinski definition) is 1. The Hall–Kier alpha value is -2.50. The average molecular weight is 467 g/mol. The number of nitrogens with one attached hydrogen (secondary N) is 1. The Morgan fingerprint density at radius 3 is 2.47 bits per heavy atom.